The Morgan fingerprint density at radius 3 is 2.58 bits per heavy atom. The van der Waals surface area contributed by atoms with Crippen molar-refractivity contribution in [2.24, 2.45) is 5.92 Å². The first-order chi connectivity index (χ1) is 9.15. The number of aryl methyl sites for hydroxylation is 1. The second-order valence-electron chi connectivity index (χ2n) is 5.02. The molecule has 0 heterocycles. The number of amides is 1. The molecule has 0 aliphatic carbocycles. The Labute approximate surface area is 116 Å². The van der Waals surface area contributed by atoms with E-state index in [9.17, 15) is 4.79 Å². The fourth-order valence-corrected chi connectivity index (χ4v) is 1.77. The normalized spacial score (nSPS) is 11.9. The molecule has 1 atom stereocenters. The molecule has 0 spiro atoms. The number of hydrogen-bond donors (Lipinski definition) is 1. The summed E-state index contributed by atoms with van der Waals surface area (Å²) in [6.07, 6.45) is 3.52. The summed E-state index contributed by atoms with van der Waals surface area (Å²) < 4.78 is 5.11. The van der Waals surface area contributed by atoms with Crippen LogP contribution < -0.4 is 10.1 Å². The number of ether oxygens (including phenoxy) is 1. The predicted octanol–water partition coefficient (Wildman–Crippen LogP) is 3.18. The van der Waals surface area contributed by atoms with Gasteiger partial charge in [0.05, 0.1) is 7.11 Å². The van der Waals surface area contributed by atoms with Crippen LogP contribution in [0.5, 0.6) is 5.75 Å². The van der Waals surface area contributed by atoms with Crippen molar-refractivity contribution in [3.8, 4) is 5.75 Å². The lowest BCUT2D eigenvalue weighted by molar-refractivity contribution is -0.121. The fourth-order valence-electron chi connectivity index (χ4n) is 1.77. The van der Waals surface area contributed by atoms with Gasteiger partial charge in [-0.25, -0.2) is 0 Å². The van der Waals surface area contributed by atoms with Gasteiger partial charge in [0.1, 0.15) is 5.75 Å². The molecule has 3 nitrogen and oxygen atoms in total. The maximum Gasteiger partial charge on any atom is 0.220 e. The van der Waals surface area contributed by atoms with E-state index in [-0.39, 0.29) is 5.91 Å². The summed E-state index contributed by atoms with van der Waals surface area (Å²) in [5, 5.41) is 2.98. The number of carbonyl (C=O) groups is 1. The first-order valence-corrected chi connectivity index (χ1v) is 7.05. The van der Waals surface area contributed by atoms with Gasteiger partial charge in [-0.05, 0) is 36.5 Å². The minimum absolute atomic E-state index is 0.161. The molecule has 0 bridgehead atoms. The van der Waals surface area contributed by atoms with Crippen LogP contribution in [0.3, 0.4) is 0 Å². The number of benzene rings is 1. The van der Waals surface area contributed by atoms with Gasteiger partial charge in [0.15, 0.2) is 0 Å². The molecule has 0 aromatic heterocycles. The van der Waals surface area contributed by atoms with Crippen molar-refractivity contribution in [3.05, 3.63) is 29.8 Å². The molecule has 1 amide bonds. The van der Waals surface area contributed by atoms with Crippen molar-refractivity contribution >= 4 is 5.91 Å². The number of hydrogen-bond acceptors (Lipinski definition) is 2. The first kappa shape index (κ1) is 15.5. The molecule has 106 valence electrons. The fraction of sp³-hybridized carbons (Fsp3) is 0.562. The van der Waals surface area contributed by atoms with Gasteiger partial charge in [0.2, 0.25) is 5.91 Å². The monoisotopic (exact) mass is 263 g/mol. The quantitative estimate of drug-likeness (QED) is 0.782. The molecular formula is C16H25NO2. The van der Waals surface area contributed by atoms with Crippen molar-refractivity contribution in [2.75, 3.05) is 13.7 Å². The largest absolute Gasteiger partial charge is 0.497 e. The van der Waals surface area contributed by atoms with Crippen LogP contribution in [0.25, 0.3) is 0 Å². The lowest BCUT2D eigenvalue weighted by atomic mass is 10.1. The van der Waals surface area contributed by atoms with E-state index in [1.54, 1.807) is 7.11 Å². The maximum atomic E-state index is 11.6. The van der Waals surface area contributed by atoms with E-state index in [0.29, 0.717) is 12.3 Å². The van der Waals surface area contributed by atoms with Gasteiger partial charge in [0.25, 0.3) is 0 Å². The molecule has 0 saturated heterocycles. The van der Waals surface area contributed by atoms with Crippen molar-refractivity contribution in [2.45, 2.75) is 39.5 Å². The third-order valence-electron chi connectivity index (χ3n) is 3.37. The molecule has 1 rings (SSSR count). The van der Waals surface area contributed by atoms with E-state index < -0.39 is 0 Å². The minimum atomic E-state index is 0.161. The van der Waals surface area contributed by atoms with Crippen molar-refractivity contribution in [1.29, 1.82) is 0 Å². The van der Waals surface area contributed by atoms with E-state index in [0.717, 1.165) is 31.6 Å². The molecule has 19 heavy (non-hydrogen) atoms. The standard InChI is InChI=1S/C16H25NO2/c1-4-13(2)12-17-16(18)7-5-6-14-8-10-15(19-3)11-9-14/h8-11,13H,4-7,12H2,1-3H3,(H,17,18)/t13-/m0/s1. The summed E-state index contributed by atoms with van der Waals surface area (Å²) in [6.45, 7) is 5.08. The molecule has 1 N–H and O–H groups in total. The predicted molar refractivity (Wildman–Crippen MR) is 78.4 cm³/mol. The van der Waals surface area contributed by atoms with Gasteiger partial charge < -0.3 is 10.1 Å². The molecule has 1 aromatic carbocycles. The molecule has 0 aliphatic heterocycles. The minimum Gasteiger partial charge on any atom is -0.497 e. The highest BCUT2D eigenvalue weighted by Gasteiger charge is 2.04. The second-order valence-corrected chi connectivity index (χ2v) is 5.02. The molecule has 0 saturated carbocycles. The van der Waals surface area contributed by atoms with Crippen LogP contribution in [0.1, 0.15) is 38.7 Å². The molecule has 1 aromatic rings. The Morgan fingerprint density at radius 1 is 1.32 bits per heavy atom. The van der Waals surface area contributed by atoms with Crippen LogP contribution in [0.15, 0.2) is 24.3 Å². The Bertz CT molecular complexity index is 373. The van der Waals surface area contributed by atoms with Crippen LogP contribution in [-0.4, -0.2) is 19.6 Å². The van der Waals surface area contributed by atoms with E-state index in [4.69, 9.17) is 4.74 Å². The van der Waals surface area contributed by atoms with E-state index in [2.05, 4.69) is 31.3 Å². The zero-order valence-corrected chi connectivity index (χ0v) is 12.2. The van der Waals surface area contributed by atoms with Crippen LogP contribution in [-0.2, 0) is 11.2 Å². The van der Waals surface area contributed by atoms with E-state index in [1.165, 1.54) is 5.56 Å². The molecular weight excluding hydrogens is 238 g/mol. The summed E-state index contributed by atoms with van der Waals surface area (Å²) in [5.41, 5.74) is 1.25. The van der Waals surface area contributed by atoms with Gasteiger partial charge in [-0.2, -0.15) is 0 Å². The average molecular weight is 263 g/mol. The zero-order chi connectivity index (χ0) is 14.1. The van der Waals surface area contributed by atoms with Crippen LogP contribution in [0.2, 0.25) is 0 Å². The second kappa shape index (κ2) is 8.57. The van der Waals surface area contributed by atoms with E-state index in [1.807, 2.05) is 12.1 Å². The summed E-state index contributed by atoms with van der Waals surface area (Å²) in [4.78, 5) is 11.6. The maximum absolute atomic E-state index is 11.6. The summed E-state index contributed by atoms with van der Waals surface area (Å²) in [6, 6.07) is 8.02. The SMILES string of the molecule is CC[C@H](C)CNC(=O)CCCc1ccc(OC)cc1. The van der Waals surface area contributed by atoms with Crippen LogP contribution >= 0.6 is 0 Å². The Kier molecular flexibility index (Phi) is 7.01. The zero-order valence-electron chi connectivity index (χ0n) is 12.2. The number of carbonyl (C=O) groups excluding carboxylic acids is 1. The Morgan fingerprint density at radius 2 is 2.00 bits per heavy atom. The molecule has 0 unspecified atom stereocenters. The van der Waals surface area contributed by atoms with Crippen LogP contribution in [0, 0.1) is 5.92 Å². The van der Waals surface area contributed by atoms with Gasteiger partial charge in [-0.1, -0.05) is 32.4 Å². The average Bonchev–Trinajstić information content (AvgIpc) is 2.45. The van der Waals surface area contributed by atoms with Gasteiger partial charge in [0, 0.05) is 13.0 Å². The van der Waals surface area contributed by atoms with Crippen LogP contribution in [0.4, 0.5) is 0 Å². The summed E-state index contributed by atoms with van der Waals surface area (Å²) >= 11 is 0. The molecule has 0 fully saturated rings. The Balaban J connectivity index is 2.20. The number of methoxy groups -OCH3 is 1. The van der Waals surface area contributed by atoms with Gasteiger partial charge in [-0.15, -0.1) is 0 Å². The summed E-state index contributed by atoms with van der Waals surface area (Å²) in [7, 11) is 1.66. The third kappa shape index (κ3) is 6.27. The van der Waals surface area contributed by atoms with Gasteiger partial charge >= 0.3 is 0 Å². The smallest absolute Gasteiger partial charge is 0.220 e. The molecule has 0 aliphatic rings. The lowest BCUT2D eigenvalue weighted by Crippen LogP contribution is -2.27. The third-order valence-corrected chi connectivity index (χ3v) is 3.37. The highest BCUT2D eigenvalue weighted by atomic mass is 16.5. The first-order valence-electron chi connectivity index (χ1n) is 7.05. The lowest BCUT2D eigenvalue weighted by Gasteiger charge is -2.10. The van der Waals surface area contributed by atoms with Crippen molar-refractivity contribution < 1.29 is 9.53 Å². The topological polar surface area (TPSA) is 38.3 Å². The summed E-state index contributed by atoms with van der Waals surface area (Å²) in [5.74, 6) is 1.59. The van der Waals surface area contributed by atoms with E-state index >= 15 is 0 Å². The van der Waals surface area contributed by atoms with Gasteiger partial charge in [-0.3, -0.25) is 4.79 Å². The van der Waals surface area contributed by atoms with Crippen molar-refractivity contribution in [3.63, 3.8) is 0 Å². The van der Waals surface area contributed by atoms with Crippen molar-refractivity contribution in [1.82, 2.24) is 5.32 Å². The highest BCUT2D eigenvalue weighted by molar-refractivity contribution is 5.75. The highest BCUT2D eigenvalue weighted by Crippen LogP contribution is 2.13. The number of nitrogens with one attached hydrogen (secondary N) is 1. The molecule has 0 radical (unpaired) electrons. The Hall–Kier alpha value is -1.51. The number of rotatable bonds is 8. The molecule has 3 heteroatoms.